The summed E-state index contributed by atoms with van der Waals surface area (Å²) in [5, 5.41) is 0. The van der Waals surface area contributed by atoms with Crippen LogP contribution in [-0.4, -0.2) is 14.5 Å². The lowest BCUT2D eigenvalue weighted by Gasteiger charge is -2.19. The molecule has 0 spiro atoms. The van der Waals surface area contributed by atoms with E-state index in [4.69, 9.17) is 0 Å². The van der Waals surface area contributed by atoms with Gasteiger partial charge in [0.15, 0.2) is 0 Å². The summed E-state index contributed by atoms with van der Waals surface area (Å²) in [5.41, 5.74) is 0.784. The topological polar surface area (TPSA) is 46.2 Å². The molecule has 0 amide bonds. The molecule has 1 aliphatic rings. The summed E-state index contributed by atoms with van der Waals surface area (Å²) in [4.78, 5) is 0.384. The average molecular weight is 251 g/mol. The van der Waals surface area contributed by atoms with Crippen LogP contribution in [0.5, 0.6) is 0 Å². The van der Waals surface area contributed by atoms with E-state index < -0.39 is 10.0 Å². The second-order valence-electron chi connectivity index (χ2n) is 4.37. The van der Waals surface area contributed by atoms with E-state index in [1.165, 1.54) is 0 Å². The number of aryl methyl sites for hydroxylation is 1. The molecule has 0 saturated heterocycles. The van der Waals surface area contributed by atoms with Crippen LogP contribution in [0.1, 0.15) is 24.8 Å². The van der Waals surface area contributed by atoms with Gasteiger partial charge in [-0.05, 0) is 37.8 Å². The Bertz CT molecular complexity index is 520. The van der Waals surface area contributed by atoms with Gasteiger partial charge in [-0.2, -0.15) is 0 Å². The molecule has 1 aromatic rings. The predicted molar refractivity (Wildman–Crippen MR) is 68.3 cm³/mol. The van der Waals surface area contributed by atoms with E-state index in [1.54, 1.807) is 12.1 Å². The van der Waals surface area contributed by atoms with E-state index in [1.807, 2.05) is 25.1 Å². The van der Waals surface area contributed by atoms with Crippen LogP contribution in [0.2, 0.25) is 0 Å². The van der Waals surface area contributed by atoms with Gasteiger partial charge in [-0.25, -0.2) is 13.1 Å². The maximum Gasteiger partial charge on any atom is 0.241 e. The van der Waals surface area contributed by atoms with Gasteiger partial charge in [0.05, 0.1) is 4.90 Å². The maximum absolute atomic E-state index is 12.2. The summed E-state index contributed by atoms with van der Waals surface area (Å²) in [6, 6.07) is 7.09. The normalized spacial score (nSPS) is 20.4. The van der Waals surface area contributed by atoms with Crippen LogP contribution in [0.4, 0.5) is 0 Å². The molecule has 1 N–H and O–H groups in total. The lowest BCUT2D eigenvalue weighted by atomic mass is 10.0. The van der Waals surface area contributed by atoms with Crippen molar-refractivity contribution in [3.63, 3.8) is 0 Å². The first-order valence-electron chi connectivity index (χ1n) is 5.82. The molecule has 1 aromatic carbocycles. The summed E-state index contributed by atoms with van der Waals surface area (Å²) in [6.45, 7) is 1.81. The van der Waals surface area contributed by atoms with Crippen LogP contribution in [0.15, 0.2) is 41.3 Å². The summed E-state index contributed by atoms with van der Waals surface area (Å²) < 4.78 is 27.1. The predicted octanol–water partition coefficient (Wildman–Crippen LogP) is 2.38. The lowest BCUT2D eigenvalue weighted by molar-refractivity contribution is 0.522. The van der Waals surface area contributed by atoms with Crippen LogP contribution >= 0.6 is 0 Å². The van der Waals surface area contributed by atoms with Crippen molar-refractivity contribution in [2.45, 2.75) is 37.1 Å². The molecular formula is C13H17NO2S. The van der Waals surface area contributed by atoms with Crippen molar-refractivity contribution in [1.82, 2.24) is 4.72 Å². The summed E-state index contributed by atoms with van der Waals surface area (Å²) in [7, 11) is -3.37. The Morgan fingerprint density at radius 1 is 1.24 bits per heavy atom. The van der Waals surface area contributed by atoms with E-state index in [-0.39, 0.29) is 6.04 Å². The van der Waals surface area contributed by atoms with Gasteiger partial charge in [-0.3, -0.25) is 0 Å². The largest absolute Gasteiger partial charge is 0.241 e. The Morgan fingerprint density at radius 2 is 2.00 bits per heavy atom. The zero-order chi connectivity index (χ0) is 12.3. The van der Waals surface area contributed by atoms with Crippen molar-refractivity contribution in [2.75, 3.05) is 0 Å². The van der Waals surface area contributed by atoms with Gasteiger partial charge < -0.3 is 0 Å². The van der Waals surface area contributed by atoms with Gasteiger partial charge in [0.1, 0.15) is 0 Å². The number of hydrogen-bond acceptors (Lipinski definition) is 2. The third-order valence-electron chi connectivity index (χ3n) is 2.97. The Balaban J connectivity index is 2.19. The first-order valence-corrected chi connectivity index (χ1v) is 7.31. The van der Waals surface area contributed by atoms with Crippen molar-refractivity contribution in [2.24, 2.45) is 0 Å². The first kappa shape index (κ1) is 12.3. The van der Waals surface area contributed by atoms with Crippen LogP contribution in [-0.2, 0) is 10.0 Å². The Morgan fingerprint density at radius 3 is 2.65 bits per heavy atom. The van der Waals surface area contributed by atoms with E-state index in [0.29, 0.717) is 4.90 Å². The van der Waals surface area contributed by atoms with E-state index in [2.05, 4.69) is 10.8 Å². The molecule has 4 heteroatoms. The third kappa shape index (κ3) is 2.96. The van der Waals surface area contributed by atoms with E-state index in [0.717, 1.165) is 24.8 Å². The molecule has 0 heterocycles. The minimum Gasteiger partial charge on any atom is -0.208 e. The zero-order valence-corrected chi connectivity index (χ0v) is 10.7. The number of benzene rings is 1. The Labute approximate surface area is 103 Å². The fourth-order valence-electron chi connectivity index (χ4n) is 2.04. The molecule has 0 radical (unpaired) electrons. The van der Waals surface area contributed by atoms with Gasteiger partial charge in [0.2, 0.25) is 10.0 Å². The SMILES string of the molecule is Cc1ccccc1S(=O)(=O)NC1CC=CCC1. The number of nitrogens with one attached hydrogen (secondary N) is 1. The standard InChI is InChI=1S/C13H17NO2S/c1-11-7-5-6-10-13(11)17(15,16)14-12-8-3-2-4-9-12/h2-3,5-7,10,12,14H,4,8-9H2,1H3. The van der Waals surface area contributed by atoms with Crippen molar-refractivity contribution < 1.29 is 8.42 Å². The van der Waals surface area contributed by atoms with Crippen LogP contribution in [0.25, 0.3) is 0 Å². The summed E-state index contributed by atoms with van der Waals surface area (Å²) in [6.07, 6.45) is 6.74. The fraction of sp³-hybridized carbons (Fsp3) is 0.385. The van der Waals surface area contributed by atoms with Crippen LogP contribution in [0, 0.1) is 6.92 Å². The Hall–Kier alpha value is -1.13. The molecule has 2 rings (SSSR count). The maximum atomic E-state index is 12.2. The minimum absolute atomic E-state index is 0.0320. The number of rotatable bonds is 3. The molecule has 0 fully saturated rings. The van der Waals surface area contributed by atoms with E-state index in [9.17, 15) is 8.42 Å². The molecule has 0 aliphatic heterocycles. The smallest absolute Gasteiger partial charge is 0.208 e. The monoisotopic (exact) mass is 251 g/mol. The molecule has 0 saturated carbocycles. The van der Waals surface area contributed by atoms with Crippen LogP contribution in [0.3, 0.4) is 0 Å². The third-order valence-corrected chi connectivity index (χ3v) is 4.65. The highest BCUT2D eigenvalue weighted by molar-refractivity contribution is 7.89. The zero-order valence-electron chi connectivity index (χ0n) is 9.89. The molecule has 92 valence electrons. The fourth-order valence-corrected chi connectivity index (χ4v) is 3.57. The lowest BCUT2D eigenvalue weighted by Crippen LogP contribution is -2.35. The van der Waals surface area contributed by atoms with Gasteiger partial charge >= 0.3 is 0 Å². The highest BCUT2D eigenvalue weighted by atomic mass is 32.2. The minimum atomic E-state index is -3.37. The average Bonchev–Trinajstić information content (AvgIpc) is 2.30. The van der Waals surface area contributed by atoms with E-state index >= 15 is 0 Å². The Kier molecular flexibility index (Phi) is 3.64. The second-order valence-corrected chi connectivity index (χ2v) is 6.05. The van der Waals surface area contributed by atoms with Gasteiger partial charge in [0.25, 0.3) is 0 Å². The summed E-state index contributed by atoms with van der Waals surface area (Å²) in [5.74, 6) is 0. The highest BCUT2D eigenvalue weighted by Crippen LogP contribution is 2.17. The highest BCUT2D eigenvalue weighted by Gasteiger charge is 2.21. The molecular weight excluding hydrogens is 234 g/mol. The van der Waals surface area contributed by atoms with Gasteiger partial charge in [-0.15, -0.1) is 0 Å². The molecule has 3 nitrogen and oxygen atoms in total. The molecule has 17 heavy (non-hydrogen) atoms. The van der Waals surface area contributed by atoms with Crippen LogP contribution < -0.4 is 4.72 Å². The molecule has 0 aromatic heterocycles. The van der Waals surface area contributed by atoms with Crippen molar-refractivity contribution >= 4 is 10.0 Å². The number of hydrogen-bond donors (Lipinski definition) is 1. The van der Waals surface area contributed by atoms with Crippen molar-refractivity contribution in [3.8, 4) is 0 Å². The first-order chi connectivity index (χ1) is 8.09. The quantitative estimate of drug-likeness (QED) is 0.838. The second kappa shape index (κ2) is 5.02. The number of sulfonamides is 1. The molecule has 1 unspecified atom stereocenters. The number of allylic oxidation sites excluding steroid dienone is 1. The van der Waals surface area contributed by atoms with Crippen molar-refractivity contribution in [3.05, 3.63) is 42.0 Å². The summed E-state index contributed by atoms with van der Waals surface area (Å²) >= 11 is 0. The molecule has 1 atom stereocenters. The molecule has 0 bridgehead atoms. The van der Waals surface area contributed by atoms with Gasteiger partial charge in [0, 0.05) is 6.04 Å². The van der Waals surface area contributed by atoms with Gasteiger partial charge in [-0.1, -0.05) is 30.4 Å². The van der Waals surface area contributed by atoms with Crippen molar-refractivity contribution in [1.29, 1.82) is 0 Å². The molecule has 1 aliphatic carbocycles.